The second kappa shape index (κ2) is 9.82. The molecule has 2 rings (SSSR count). The molecule has 158 valence electrons. The number of benzene rings is 1. The van der Waals surface area contributed by atoms with Gasteiger partial charge in [0.2, 0.25) is 5.91 Å². The Kier molecular flexibility index (Phi) is 7.73. The van der Waals surface area contributed by atoms with Gasteiger partial charge in [0, 0.05) is 18.0 Å². The van der Waals surface area contributed by atoms with E-state index in [0.29, 0.717) is 13.1 Å². The van der Waals surface area contributed by atoms with Gasteiger partial charge in [-0.2, -0.15) is 0 Å². The van der Waals surface area contributed by atoms with Crippen LogP contribution in [-0.4, -0.2) is 27.8 Å². The molecule has 0 saturated heterocycles. The number of amides is 1. The van der Waals surface area contributed by atoms with Gasteiger partial charge < -0.3 is 10.6 Å². The van der Waals surface area contributed by atoms with Crippen molar-refractivity contribution in [2.75, 3.05) is 22.9 Å². The van der Waals surface area contributed by atoms with Crippen LogP contribution < -0.4 is 21.9 Å². The summed E-state index contributed by atoms with van der Waals surface area (Å²) in [4.78, 5) is 42.7. The van der Waals surface area contributed by atoms with Crippen molar-refractivity contribution in [1.29, 1.82) is 0 Å². The maximum absolute atomic E-state index is 13.1. The summed E-state index contributed by atoms with van der Waals surface area (Å²) >= 11 is 1.42. The Labute approximate surface area is 175 Å². The molecule has 1 heterocycles. The van der Waals surface area contributed by atoms with Gasteiger partial charge in [0.25, 0.3) is 5.56 Å². The third-order valence-electron chi connectivity index (χ3n) is 4.33. The number of nitrogens with zero attached hydrogens (tertiary/aromatic N) is 2. The summed E-state index contributed by atoms with van der Waals surface area (Å²) < 4.78 is 1.33. The third kappa shape index (κ3) is 5.76. The highest BCUT2D eigenvalue weighted by molar-refractivity contribution is 8.00. The molecule has 1 amide bonds. The maximum Gasteiger partial charge on any atom is 0.330 e. The van der Waals surface area contributed by atoms with Gasteiger partial charge in [0.1, 0.15) is 5.82 Å². The summed E-state index contributed by atoms with van der Waals surface area (Å²) in [6.07, 6.45) is 0. The number of hydrogen-bond acceptors (Lipinski definition) is 5. The highest BCUT2D eigenvalue weighted by Gasteiger charge is 2.25. The standard InChI is InChI=1S/C21H30N4O3S/c1-13(2)10-24(17(26)12-29-16-9-7-6-8-15(16)5)18-19(22)25(11-14(3)4)21(28)23-20(18)27/h6-9,13-14H,10-12,22H2,1-5H3,(H,23,27,28). The molecule has 0 saturated carbocycles. The first kappa shape index (κ1) is 22.8. The van der Waals surface area contributed by atoms with E-state index in [1.54, 1.807) is 0 Å². The quantitative estimate of drug-likeness (QED) is 0.642. The number of nitrogen functional groups attached to an aromatic ring is 1. The van der Waals surface area contributed by atoms with E-state index in [-0.39, 0.29) is 35.0 Å². The van der Waals surface area contributed by atoms with Gasteiger partial charge >= 0.3 is 5.69 Å². The van der Waals surface area contributed by atoms with Gasteiger partial charge in [-0.3, -0.25) is 19.1 Å². The minimum absolute atomic E-state index is 0.0299. The number of thioether (sulfide) groups is 1. The predicted octanol–water partition coefficient (Wildman–Crippen LogP) is 2.86. The average molecular weight is 419 g/mol. The van der Waals surface area contributed by atoms with Gasteiger partial charge in [-0.05, 0) is 30.4 Å². The molecule has 0 bridgehead atoms. The Morgan fingerprint density at radius 3 is 2.41 bits per heavy atom. The van der Waals surface area contributed by atoms with E-state index < -0.39 is 11.2 Å². The van der Waals surface area contributed by atoms with Gasteiger partial charge in [0.15, 0.2) is 5.69 Å². The molecule has 0 unspecified atom stereocenters. The summed E-state index contributed by atoms with van der Waals surface area (Å²) in [6.45, 7) is 10.5. The van der Waals surface area contributed by atoms with Gasteiger partial charge in [-0.25, -0.2) is 4.79 Å². The lowest BCUT2D eigenvalue weighted by molar-refractivity contribution is -0.116. The largest absolute Gasteiger partial charge is 0.383 e. The van der Waals surface area contributed by atoms with Crippen LogP contribution >= 0.6 is 11.8 Å². The van der Waals surface area contributed by atoms with E-state index in [1.807, 2.05) is 58.9 Å². The molecule has 7 nitrogen and oxygen atoms in total. The van der Waals surface area contributed by atoms with Crippen molar-refractivity contribution in [3.8, 4) is 0 Å². The van der Waals surface area contributed by atoms with Crippen LogP contribution in [0.4, 0.5) is 11.5 Å². The molecule has 1 aromatic carbocycles. The maximum atomic E-state index is 13.1. The first-order valence-corrected chi connectivity index (χ1v) is 10.7. The number of carbonyl (C=O) groups excluding carboxylic acids is 1. The summed E-state index contributed by atoms with van der Waals surface area (Å²) in [5.74, 6) is 0.243. The topological polar surface area (TPSA) is 101 Å². The second-order valence-corrected chi connectivity index (χ2v) is 8.97. The van der Waals surface area contributed by atoms with Crippen molar-refractivity contribution in [3.05, 3.63) is 50.7 Å². The molecule has 0 spiro atoms. The minimum Gasteiger partial charge on any atom is -0.383 e. The van der Waals surface area contributed by atoms with Crippen LogP contribution in [0.5, 0.6) is 0 Å². The summed E-state index contributed by atoms with van der Waals surface area (Å²) in [7, 11) is 0. The molecule has 0 radical (unpaired) electrons. The molecule has 0 aliphatic carbocycles. The molecule has 8 heteroatoms. The normalized spacial score (nSPS) is 11.3. The van der Waals surface area contributed by atoms with E-state index in [9.17, 15) is 14.4 Å². The Bertz CT molecular complexity index is 979. The number of nitrogens with one attached hydrogen (secondary N) is 1. The third-order valence-corrected chi connectivity index (χ3v) is 5.49. The molecule has 0 aliphatic heterocycles. The number of H-pyrrole nitrogens is 1. The van der Waals surface area contributed by atoms with Crippen LogP contribution in [0.15, 0.2) is 38.8 Å². The molecule has 29 heavy (non-hydrogen) atoms. The molecule has 0 aliphatic rings. The first-order valence-electron chi connectivity index (χ1n) is 9.73. The highest BCUT2D eigenvalue weighted by Crippen LogP contribution is 2.25. The first-order chi connectivity index (χ1) is 13.6. The Morgan fingerprint density at radius 2 is 1.83 bits per heavy atom. The van der Waals surface area contributed by atoms with E-state index in [2.05, 4.69) is 4.98 Å². The Morgan fingerprint density at radius 1 is 1.17 bits per heavy atom. The number of hydrogen-bond donors (Lipinski definition) is 2. The molecule has 0 atom stereocenters. The van der Waals surface area contributed by atoms with Crippen molar-refractivity contribution < 1.29 is 4.79 Å². The zero-order chi connectivity index (χ0) is 21.7. The van der Waals surface area contributed by atoms with Crippen molar-refractivity contribution in [3.63, 3.8) is 0 Å². The molecule has 3 N–H and O–H groups in total. The van der Waals surface area contributed by atoms with Gasteiger partial charge in [-0.15, -0.1) is 11.8 Å². The van der Waals surface area contributed by atoms with E-state index in [1.165, 1.54) is 21.2 Å². The molecule has 0 fully saturated rings. The number of rotatable bonds is 8. The van der Waals surface area contributed by atoms with Crippen molar-refractivity contribution >= 4 is 29.2 Å². The summed E-state index contributed by atoms with van der Waals surface area (Å²) in [5.41, 5.74) is 6.16. The lowest BCUT2D eigenvalue weighted by Crippen LogP contribution is -2.43. The van der Waals surface area contributed by atoms with Crippen LogP contribution in [-0.2, 0) is 11.3 Å². The molecule has 2 aromatic rings. The second-order valence-electron chi connectivity index (χ2n) is 7.95. The van der Waals surface area contributed by atoms with Crippen molar-refractivity contribution in [2.45, 2.75) is 46.1 Å². The molecule has 1 aromatic heterocycles. The van der Waals surface area contributed by atoms with Crippen LogP contribution in [0.25, 0.3) is 0 Å². The fraction of sp³-hybridized carbons (Fsp3) is 0.476. The predicted molar refractivity (Wildman–Crippen MR) is 120 cm³/mol. The SMILES string of the molecule is Cc1ccccc1SCC(=O)N(CC(C)C)c1c(N)n(CC(C)C)c(=O)[nH]c1=O. The number of nitrogens with two attached hydrogens (primary N) is 1. The highest BCUT2D eigenvalue weighted by atomic mass is 32.2. The van der Waals surface area contributed by atoms with E-state index in [0.717, 1.165) is 10.5 Å². The lowest BCUT2D eigenvalue weighted by Gasteiger charge is -2.26. The van der Waals surface area contributed by atoms with Crippen LogP contribution in [0, 0.1) is 18.8 Å². The Hall–Kier alpha value is -2.48. The number of anilines is 2. The van der Waals surface area contributed by atoms with E-state index >= 15 is 0 Å². The molecular formula is C21H30N4O3S. The Balaban J connectivity index is 2.41. The molecular weight excluding hydrogens is 388 g/mol. The lowest BCUT2D eigenvalue weighted by atomic mass is 10.2. The number of aromatic nitrogens is 2. The fourth-order valence-electron chi connectivity index (χ4n) is 3.00. The zero-order valence-corrected chi connectivity index (χ0v) is 18.5. The van der Waals surface area contributed by atoms with Crippen LogP contribution in [0.2, 0.25) is 0 Å². The zero-order valence-electron chi connectivity index (χ0n) is 17.7. The smallest absolute Gasteiger partial charge is 0.330 e. The van der Waals surface area contributed by atoms with Crippen molar-refractivity contribution in [1.82, 2.24) is 9.55 Å². The number of aryl methyl sites for hydroxylation is 1. The van der Waals surface area contributed by atoms with Crippen LogP contribution in [0.1, 0.15) is 33.3 Å². The van der Waals surface area contributed by atoms with Crippen LogP contribution in [0.3, 0.4) is 0 Å². The minimum atomic E-state index is -0.637. The number of carbonyl (C=O) groups is 1. The summed E-state index contributed by atoms with van der Waals surface area (Å²) in [6, 6.07) is 7.83. The fourth-order valence-corrected chi connectivity index (χ4v) is 3.91. The monoisotopic (exact) mass is 418 g/mol. The van der Waals surface area contributed by atoms with Crippen molar-refractivity contribution in [2.24, 2.45) is 11.8 Å². The van der Waals surface area contributed by atoms with Gasteiger partial charge in [0.05, 0.1) is 5.75 Å². The average Bonchev–Trinajstić information content (AvgIpc) is 2.62. The number of aromatic amines is 1. The van der Waals surface area contributed by atoms with E-state index in [4.69, 9.17) is 5.73 Å². The summed E-state index contributed by atoms with van der Waals surface area (Å²) in [5, 5.41) is 0. The van der Waals surface area contributed by atoms with Gasteiger partial charge in [-0.1, -0.05) is 45.9 Å².